The molecule has 0 bridgehead atoms. The maximum absolute atomic E-state index is 11.4. The first-order valence-corrected chi connectivity index (χ1v) is 7.09. The highest BCUT2D eigenvalue weighted by molar-refractivity contribution is 8.16. The summed E-state index contributed by atoms with van der Waals surface area (Å²) in [5.74, 6) is 1.95. The molecule has 0 amide bonds. The maximum Gasteiger partial charge on any atom is 0.330 e. The van der Waals surface area contributed by atoms with Crippen LogP contribution in [0, 0.1) is 6.33 Å². The number of nitrogens with one attached hydrogen (secondary N) is 1. The molecule has 1 N–H and O–H groups in total. The van der Waals surface area contributed by atoms with Crippen LogP contribution in [-0.2, 0) is 6.54 Å². The van der Waals surface area contributed by atoms with Crippen LogP contribution in [0.3, 0.4) is 0 Å². The predicted octanol–water partition coefficient (Wildman–Crippen LogP) is 0.564. The molecule has 1 radical (unpaired) electrons. The van der Waals surface area contributed by atoms with Crippen LogP contribution in [0.4, 0.5) is 0 Å². The molecule has 0 aromatic carbocycles. The molecule has 0 saturated heterocycles. The molecule has 1 heterocycles. The van der Waals surface area contributed by atoms with Gasteiger partial charge in [0.2, 0.25) is 6.33 Å². The van der Waals surface area contributed by atoms with Crippen LogP contribution in [0.2, 0.25) is 0 Å². The van der Waals surface area contributed by atoms with E-state index in [0.29, 0.717) is 6.54 Å². The van der Waals surface area contributed by atoms with Gasteiger partial charge in [-0.3, -0.25) is 14.2 Å². The number of rotatable bonds is 6. The van der Waals surface area contributed by atoms with Crippen molar-refractivity contribution >= 4 is 23.5 Å². The van der Waals surface area contributed by atoms with E-state index in [2.05, 4.69) is 30.4 Å². The van der Waals surface area contributed by atoms with E-state index in [1.807, 2.05) is 0 Å². The highest BCUT2D eigenvalue weighted by Gasteiger charge is 2.11. The summed E-state index contributed by atoms with van der Waals surface area (Å²) in [5, 5.41) is 5.57. The van der Waals surface area contributed by atoms with E-state index >= 15 is 0 Å². The van der Waals surface area contributed by atoms with Gasteiger partial charge in [-0.05, 0) is 11.5 Å². The lowest BCUT2D eigenvalue weighted by Crippen LogP contribution is -2.38. The predicted molar refractivity (Wildman–Crippen MR) is 68.0 cm³/mol. The quantitative estimate of drug-likeness (QED) is 0.598. The van der Waals surface area contributed by atoms with Crippen LogP contribution in [0.5, 0.6) is 0 Å². The van der Waals surface area contributed by atoms with Crippen molar-refractivity contribution < 1.29 is 0 Å². The molecule has 16 heavy (non-hydrogen) atoms. The van der Waals surface area contributed by atoms with E-state index < -0.39 is 11.1 Å². The standard InChI is InChI=1S/C9H14N3O2S2/c1-3-15-7(16-4-2)5-12-6-10-11-8(13)9(12)14/h7H,3-5H2,1-2H3,(H,11,13). The summed E-state index contributed by atoms with van der Waals surface area (Å²) in [6.45, 7) is 4.60. The fourth-order valence-corrected chi connectivity index (χ4v) is 3.60. The van der Waals surface area contributed by atoms with Gasteiger partial charge in [-0.15, -0.1) is 23.5 Å². The molecule has 0 fully saturated rings. The number of aromatic nitrogens is 3. The Morgan fingerprint density at radius 1 is 1.38 bits per heavy atom. The number of hydrogen-bond donors (Lipinski definition) is 1. The minimum absolute atomic E-state index is 0.257. The molecule has 5 nitrogen and oxygen atoms in total. The van der Waals surface area contributed by atoms with Gasteiger partial charge in [-0.25, -0.2) is 5.10 Å². The van der Waals surface area contributed by atoms with Gasteiger partial charge in [0.25, 0.3) is 0 Å². The average Bonchev–Trinajstić information content (AvgIpc) is 2.25. The molecule has 89 valence electrons. The number of H-pyrrole nitrogens is 1. The molecule has 0 aliphatic carbocycles. The fraction of sp³-hybridized carbons (Fsp3) is 0.667. The summed E-state index contributed by atoms with van der Waals surface area (Å²) in [4.78, 5) is 22.5. The van der Waals surface area contributed by atoms with E-state index in [9.17, 15) is 9.59 Å². The monoisotopic (exact) mass is 260 g/mol. The van der Waals surface area contributed by atoms with Crippen molar-refractivity contribution in [1.29, 1.82) is 0 Å². The lowest BCUT2D eigenvalue weighted by atomic mass is 10.6. The number of aromatic amines is 1. The van der Waals surface area contributed by atoms with Crippen molar-refractivity contribution in [3.05, 3.63) is 27.0 Å². The zero-order chi connectivity index (χ0) is 12.0. The number of nitrogens with zero attached hydrogens (tertiary/aromatic N) is 2. The summed E-state index contributed by atoms with van der Waals surface area (Å²) in [7, 11) is 0. The van der Waals surface area contributed by atoms with Gasteiger partial charge < -0.3 is 0 Å². The van der Waals surface area contributed by atoms with Crippen LogP contribution in [0.1, 0.15) is 13.8 Å². The molecular formula is C9H14N3O2S2. The smallest absolute Gasteiger partial charge is 0.282 e. The Labute approximate surface area is 102 Å². The Morgan fingerprint density at radius 2 is 2.00 bits per heavy atom. The third-order valence-electron chi connectivity index (χ3n) is 1.80. The second kappa shape index (κ2) is 6.80. The normalized spacial score (nSPS) is 10.9. The van der Waals surface area contributed by atoms with Gasteiger partial charge in [0, 0.05) is 6.54 Å². The minimum Gasteiger partial charge on any atom is -0.282 e. The molecule has 0 saturated carbocycles. The van der Waals surface area contributed by atoms with Crippen molar-refractivity contribution in [2.45, 2.75) is 25.0 Å². The van der Waals surface area contributed by atoms with E-state index in [1.165, 1.54) is 4.57 Å². The average molecular weight is 260 g/mol. The second-order valence-electron chi connectivity index (χ2n) is 2.91. The molecular weight excluding hydrogens is 246 g/mol. The second-order valence-corrected chi connectivity index (χ2v) is 6.17. The Kier molecular flexibility index (Phi) is 5.68. The van der Waals surface area contributed by atoms with Crippen molar-refractivity contribution in [2.24, 2.45) is 0 Å². The molecule has 7 heteroatoms. The first-order chi connectivity index (χ1) is 7.69. The van der Waals surface area contributed by atoms with Gasteiger partial charge in [-0.2, -0.15) is 5.10 Å². The summed E-state index contributed by atoms with van der Waals surface area (Å²) in [5.41, 5.74) is -1.28. The zero-order valence-electron chi connectivity index (χ0n) is 9.23. The molecule has 0 spiro atoms. The molecule has 1 aromatic rings. The Balaban J connectivity index is 2.80. The summed E-state index contributed by atoms with van der Waals surface area (Å²) < 4.78 is 1.50. The lowest BCUT2D eigenvalue weighted by molar-refractivity contribution is 0.654. The molecule has 0 unspecified atom stereocenters. The summed E-state index contributed by atoms with van der Waals surface area (Å²) in [6.07, 6.45) is 2.50. The molecule has 0 aliphatic rings. The van der Waals surface area contributed by atoms with Gasteiger partial charge in [0.1, 0.15) is 0 Å². The Hall–Kier alpha value is -0.690. The van der Waals surface area contributed by atoms with Gasteiger partial charge in [0.15, 0.2) is 0 Å². The van der Waals surface area contributed by atoms with Crippen molar-refractivity contribution in [3.63, 3.8) is 0 Å². The van der Waals surface area contributed by atoms with Crippen LogP contribution < -0.4 is 11.1 Å². The van der Waals surface area contributed by atoms with Gasteiger partial charge in [-0.1, -0.05) is 13.8 Å². The third-order valence-corrected chi connectivity index (χ3v) is 4.33. The largest absolute Gasteiger partial charge is 0.330 e. The van der Waals surface area contributed by atoms with Crippen LogP contribution in [0.15, 0.2) is 9.59 Å². The molecule has 0 atom stereocenters. The molecule has 1 aromatic heterocycles. The Bertz CT molecular complexity index is 423. The van der Waals surface area contributed by atoms with Crippen molar-refractivity contribution in [1.82, 2.24) is 14.8 Å². The van der Waals surface area contributed by atoms with E-state index in [4.69, 9.17) is 0 Å². The van der Waals surface area contributed by atoms with Gasteiger partial charge >= 0.3 is 11.1 Å². The highest BCUT2D eigenvalue weighted by Crippen LogP contribution is 2.24. The first-order valence-electron chi connectivity index (χ1n) is 4.99. The number of hydrogen-bond acceptors (Lipinski definition) is 5. The van der Waals surface area contributed by atoms with E-state index in [0.717, 1.165) is 11.5 Å². The van der Waals surface area contributed by atoms with Gasteiger partial charge in [0.05, 0.1) is 4.58 Å². The molecule has 1 rings (SSSR count). The fourth-order valence-electron chi connectivity index (χ4n) is 1.15. The van der Waals surface area contributed by atoms with E-state index in [1.54, 1.807) is 23.5 Å². The van der Waals surface area contributed by atoms with Crippen LogP contribution in [0.25, 0.3) is 0 Å². The summed E-state index contributed by atoms with van der Waals surface area (Å²) in [6, 6.07) is 0. The summed E-state index contributed by atoms with van der Waals surface area (Å²) >= 11 is 3.51. The minimum atomic E-state index is -0.694. The number of thioether (sulfide) groups is 2. The zero-order valence-corrected chi connectivity index (χ0v) is 10.9. The Morgan fingerprint density at radius 3 is 2.56 bits per heavy atom. The van der Waals surface area contributed by atoms with E-state index in [-0.39, 0.29) is 4.58 Å². The van der Waals surface area contributed by atoms with Crippen LogP contribution >= 0.6 is 23.5 Å². The van der Waals surface area contributed by atoms with Crippen LogP contribution in [-0.4, -0.2) is 30.9 Å². The topological polar surface area (TPSA) is 67.8 Å². The maximum atomic E-state index is 11.4. The van der Waals surface area contributed by atoms with Crippen molar-refractivity contribution in [2.75, 3.05) is 11.5 Å². The molecule has 0 aliphatic heterocycles. The first kappa shape index (κ1) is 13.4. The SMILES string of the molecule is CCSC(Cn1[c]n[nH]c(=O)c1=O)SCC. The highest BCUT2D eigenvalue weighted by atomic mass is 32.2. The third kappa shape index (κ3) is 3.71. The lowest BCUT2D eigenvalue weighted by Gasteiger charge is -2.14. The van der Waals surface area contributed by atoms with Crippen molar-refractivity contribution in [3.8, 4) is 0 Å².